The van der Waals surface area contributed by atoms with Crippen molar-refractivity contribution >= 4 is 35.0 Å². The Balaban J connectivity index is 1.83. The van der Waals surface area contributed by atoms with Gasteiger partial charge in [0.25, 0.3) is 5.91 Å². The molecular weight excluding hydrogens is 624 g/mol. The van der Waals surface area contributed by atoms with Crippen LogP contribution in [-0.2, 0) is 22.5 Å². The maximum absolute atomic E-state index is 14.0. The Kier molecular flexibility index (Phi) is 11.0. The van der Waals surface area contributed by atoms with Crippen molar-refractivity contribution in [2.45, 2.75) is 37.2 Å². The molecule has 2 atom stereocenters. The fourth-order valence-electron chi connectivity index (χ4n) is 4.59. The number of halogens is 5. The molecule has 0 unspecified atom stereocenters. The van der Waals surface area contributed by atoms with Crippen LogP contribution in [0.1, 0.15) is 34.8 Å². The molecule has 0 spiro atoms. The Morgan fingerprint density at radius 3 is 2.52 bits per heavy atom. The van der Waals surface area contributed by atoms with Gasteiger partial charge in [-0.2, -0.15) is 13.2 Å². The Labute approximate surface area is 260 Å². The molecule has 4 rings (SSSR count). The average Bonchev–Trinajstić information content (AvgIpc) is 3.36. The number of hydrogen-bond acceptors (Lipinski definition) is 7. The number of alkyl halides is 3. The molecule has 0 aromatic heterocycles. The minimum Gasteiger partial charge on any atom is -0.494 e. The van der Waals surface area contributed by atoms with Gasteiger partial charge in [-0.15, -0.1) is 0 Å². The van der Waals surface area contributed by atoms with Crippen molar-refractivity contribution < 1.29 is 32.5 Å². The number of ether oxygens (including phenoxy) is 2. The number of hydrogen-bond donors (Lipinski definition) is 3. The first-order chi connectivity index (χ1) is 21.1. The lowest BCUT2D eigenvalue weighted by atomic mass is 9.81. The maximum Gasteiger partial charge on any atom is 0.402 e. The van der Waals surface area contributed by atoms with Gasteiger partial charge < -0.3 is 14.6 Å². The average molecular weight is 651 g/mol. The molecule has 10 nitrogen and oxygen atoms in total. The van der Waals surface area contributed by atoms with Gasteiger partial charge in [-0.1, -0.05) is 58.6 Å². The predicted octanol–water partition coefficient (Wildman–Crippen LogP) is 6.25. The molecule has 0 bridgehead atoms. The van der Waals surface area contributed by atoms with Crippen LogP contribution >= 0.6 is 23.2 Å². The van der Waals surface area contributed by atoms with Gasteiger partial charge in [-0.3, -0.25) is 10.2 Å². The molecule has 3 aromatic rings. The summed E-state index contributed by atoms with van der Waals surface area (Å²) in [5, 5.41) is 13.1. The van der Waals surface area contributed by atoms with Crippen molar-refractivity contribution in [1.29, 1.82) is 0 Å². The van der Waals surface area contributed by atoms with Gasteiger partial charge in [0.1, 0.15) is 12.3 Å². The summed E-state index contributed by atoms with van der Waals surface area (Å²) in [5.41, 5.74) is 13.0. The third-order valence-corrected chi connectivity index (χ3v) is 7.21. The van der Waals surface area contributed by atoms with E-state index in [1.165, 1.54) is 6.07 Å². The number of amides is 1. The fourth-order valence-corrected chi connectivity index (χ4v) is 5.10. The zero-order valence-electron chi connectivity index (χ0n) is 23.0. The smallest absolute Gasteiger partial charge is 0.402 e. The maximum atomic E-state index is 14.0. The molecule has 3 N–H and O–H groups in total. The second-order valence-corrected chi connectivity index (χ2v) is 10.6. The number of carbonyl (C=O) groups excluding carboxylic acids is 1. The lowest BCUT2D eigenvalue weighted by Gasteiger charge is -2.32. The van der Waals surface area contributed by atoms with Crippen molar-refractivity contribution in [3.8, 4) is 5.75 Å². The van der Waals surface area contributed by atoms with E-state index in [1.807, 2.05) is 5.43 Å². The summed E-state index contributed by atoms with van der Waals surface area (Å²) >= 11 is 12.7. The van der Waals surface area contributed by atoms with Crippen molar-refractivity contribution in [3.05, 3.63) is 109 Å². The molecular formula is C29H27Cl2F3N6O4. The summed E-state index contributed by atoms with van der Waals surface area (Å²) in [6, 6.07) is 18.0. The first-order valence-electron chi connectivity index (χ1n) is 13.3. The third kappa shape index (κ3) is 8.13. The van der Waals surface area contributed by atoms with E-state index >= 15 is 0 Å². The van der Waals surface area contributed by atoms with Crippen LogP contribution in [0.4, 0.5) is 13.2 Å². The van der Waals surface area contributed by atoms with Gasteiger partial charge in [-0.05, 0) is 53.1 Å². The monoisotopic (exact) mass is 650 g/mol. The summed E-state index contributed by atoms with van der Waals surface area (Å²) in [6.07, 6.45) is -5.55. The molecule has 1 heterocycles. The normalized spacial score (nSPS) is 17.8. The molecule has 232 valence electrons. The van der Waals surface area contributed by atoms with Crippen LogP contribution in [0.2, 0.25) is 10.0 Å². The zero-order valence-corrected chi connectivity index (χ0v) is 24.5. The van der Waals surface area contributed by atoms with E-state index < -0.39 is 30.3 Å². The van der Waals surface area contributed by atoms with Crippen LogP contribution in [-0.4, -0.2) is 48.4 Å². The largest absolute Gasteiger partial charge is 0.494 e. The second kappa shape index (κ2) is 14.7. The Bertz CT molecular complexity index is 1550. The number of carbonyl (C=O) groups is 1. The molecule has 0 radical (unpaired) electrons. The summed E-state index contributed by atoms with van der Waals surface area (Å²) in [6.45, 7) is -1.26. The van der Waals surface area contributed by atoms with Gasteiger partial charge in [0.2, 0.25) is 5.90 Å². The van der Waals surface area contributed by atoms with Crippen molar-refractivity contribution in [2.24, 2.45) is 10.1 Å². The number of azide groups is 1. The van der Waals surface area contributed by atoms with Crippen molar-refractivity contribution in [2.75, 3.05) is 19.8 Å². The highest BCUT2D eigenvalue weighted by Gasteiger charge is 2.54. The number of nitrogens with zero attached hydrogens (tertiary/aromatic N) is 4. The summed E-state index contributed by atoms with van der Waals surface area (Å²) in [4.78, 5) is 21.6. The highest BCUT2D eigenvalue weighted by molar-refractivity contribution is 6.35. The van der Waals surface area contributed by atoms with E-state index in [9.17, 15) is 18.0 Å². The van der Waals surface area contributed by atoms with Gasteiger partial charge in [-0.25, -0.2) is 10.4 Å². The minimum absolute atomic E-state index is 0.0225. The van der Waals surface area contributed by atoms with Gasteiger partial charge >= 0.3 is 6.18 Å². The Morgan fingerprint density at radius 2 is 1.86 bits per heavy atom. The number of aliphatic hydroxyl groups excluding tert-OH is 1. The fraction of sp³-hybridized carbons (Fsp3) is 0.310. The number of benzene rings is 3. The Hall–Kier alpha value is -4.00. The first kappa shape index (κ1) is 32.9. The lowest BCUT2D eigenvalue weighted by Crippen LogP contribution is -2.55. The molecule has 0 saturated carbocycles. The van der Waals surface area contributed by atoms with Crippen molar-refractivity contribution in [3.63, 3.8) is 0 Å². The summed E-state index contributed by atoms with van der Waals surface area (Å²) < 4.78 is 50.9. The van der Waals surface area contributed by atoms with E-state index in [-0.39, 0.29) is 30.5 Å². The number of aliphatic imine (C=N–C) groups is 1. The van der Waals surface area contributed by atoms with Crippen LogP contribution in [0.25, 0.3) is 10.4 Å². The topological polar surface area (TPSA) is 141 Å². The van der Waals surface area contributed by atoms with Crippen LogP contribution in [0.5, 0.6) is 5.75 Å². The van der Waals surface area contributed by atoms with Gasteiger partial charge in [0, 0.05) is 45.5 Å². The summed E-state index contributed by atoms with van der Waals surface area (Å²) in [7, 11) is 0. The van der Waals surface area contributed by atoms with E-state index in [4.69, 9.17) is 48.3 Å². The molecule has 1 aliphatic rings. The highest BCUT2D eigenvalue weighted by atomic mass is 35.5. The molecule has 1 aliphatic heterocycles. The van der Waals surface area contributed by atoms with Crippen LogP contribution in [0.15, 0.2) is 76.8 Å². The molecule has 44 heavy (non-hydrogen) atoms. The zero-order chi connectivity index (χ0) is 31.7. The number of hydrazine groups is 1. The highest BCUT2D eigenvalue weighted by Crippen LogP contribution is 2.45. The van der Waals surface area contributed by atoms with E-state index in [1.54, 1.807) is 60.7 Å². The minimum atomic E-state index is -4.61. The molecule has 0 aliphatic carbocycles. The van der Waals surface area contributed by atoms with E-state index in [0.717, 1.165) is 0 Å². The lowest BCUT2D eigenvalue weighted by molar-refractivity contribution is -0.136. The third-order valence-electron chi connectivity index (χ3n) is 6.65. The molecule has 15 heteroatoms. The van der Waals surface area contributed by atoms with Crippen LogP contribution in [0.3, 0.4) is 0 Å². The molecule has 3 aromatic carbocycles. The van der Waals surface area contributed by atoms with Crippen molar-refractivity contribution in [1.82, 2.24) is 10.9 Å². The van der Waals surface area contributed by atoms with E-state index in [2.05, 4.69) is 15.5 Å². The summed E-state index contributed by atoms with van der Waals surface area (Å²) in [5.74, 6) is -0.373. The number of rotatable bonds is 13. The second-order valence-electron chi connectivity index (χ2n) is 9.71. The standard InChI is InChI=1S/C29H27Cl2F3N6O4/c30-21-8-11-23(24(31)14-21)25-28(27(42)39-37-17-29(32,33)34,15-19-4-1-2-5-20(19)16-36-40-35)38-26(44-25)18-6-9-22(10-7-18)43-13-3-12-41/h1-2,4-11,14,25,37,41H,3,12-13,15-17H2,(H,39,42)/t25-,28-/m0/s1. The Morgan fingerprint density at radius 1 is 1.14 bits per heavy atom. The molecule has 1 amide bonds. The van der Waals surface area contributed by atoms with Gasteiger partial charge in [0.05, 0.1) is 13.2 Å². The molecule has 0 fully saturated rings. The van der Waals surface area contributed by atoms with Crippen LogP contribution < -0.4 is 15.6 Å². The number of aliphatic hydroxyl groups is 1. The predicted molar refractivity (Wildman–Crippen MR) is 158 cm³/mol. The van der Waals surface area contributed by atoms with Crippen LogP contribution in [0, 0.1) is 0 Å². The molecule has 0 saturated heterocycles. The number of nitrogens with one attached hydrogen (secondary N) is 2. The SMILES string of the molecule is [N-]=[N+]=NCc1ccccc1C[C@]1(C(=O)NNCC(F)(F)F)N=C(c2ccc(OCCCO)cc2)O[C@H]1c1ccc(Cl)cc1Cl. The quantitative estimate of drug-likeness (QED) is 0.0659. The first-order valence-corrected chi connectivity index (χ1v) is 14.0. The van der Waals surface area contributed by atoms with Gasteiger partial charge in [0.15, 0.2) is 11.6 Å². The van der Waals surface area contributed by atoms with E-state index in [0.29, 0.717) is 46.1 Å².